The van der Waals surface area contributed by atoms with Crippen molar-refractivity contribution in [2.45, 2.75) is 0 Å². The van der Waals surface area contributed by atoms with Crippen molar-refractivity contribution < 1.29 is 19.4 Å². The lowest BCUT2D eigenvalue weighted by atomic mass is 10.1. The SMILES string of the molecule is COc1cccc(/C=C2\SC(=O)N(c3ccc(Cl)cc3)C2=O)c1O. The molecule has 2 aromatic carbocycles. The average Bonchev–Trinajstić information content (AvgIpc) is 2.84. The molecule has 24 heavy (non-hydrogen) atoms. The summed E-state index contributed by atoms with van der Waals surface area (Å²) < 4.78 is 5.04. The molecular weight excluding hydrogens is 350 g/mol. The van der Waals surface area contributed by atoms with Crippen LogP contribution in [0.2, 0.25) is 5.02 Å². The fraction of sp³-hybridized carbons (Fsp3) is 0.0588. The number of nitrogens with zero attached hydrogens (tertiary/aromatic N) is 1. The molecule has 0 unspecified atom stereocenters. The van der Waals surface area contributed by atoms with E-state index in [1.807, 2.05) is 0 Å². The Kier molecular flexibility index (Phi) is 4.51. The number of phenolic OH excluding ortho intramolecular Hbond substituents is 1. The van der Waals surface area contributed by atoms with E-state index in [0.29, 0.717) is 22.0 Å². The lowest BCUT2D eigenvalue weighted by Gasteiger charge is -2.12. The zero-order valence-corrected chi connectivity index (χ0v) is 14.1. The topological polar surface area (TPSA) is 66.8 Å². The van der Waals surface area contributed by atoms with Gasteiger partial charge in [0.2, 0.25) is 0 Å². The molecule has 1 fully saturated rings. The average molecular weight is 362 g/mol. The molecule has 3 rings (SSSR count). The number of aromatic hydroxyl groups is 1. The minimum absolute atomic E-state index is 0.0849. The van der Waals surface area contributed by atoms with Crippen LogP contribution in [-0.4, -0.2) is 23.4 Å². The summed E-state index contributed by atoms with van der Waals surface area (Å²) in [5.74, 6) is -0.242. The van der Waals surface area contributed by atoms with Crippen LogP contribution >= 0.6 is 23.4 Å². The first-order valence-electron chi connectivity index (χ1n) is 6.91. The van der Waals surface area contributed by atoms with E-state index in [4.69, 9.17) is 16.3 Å². The van der Waals surface area contributed by atoms with E-state index in [1.54, 1.807) is 42.5 Å². The first-order chi connectivity index (χ1) is 11.5. The van der Waals surface area contributed by atoms with Crippen molar-refractivity contribution in [1.29, 1.82) is 0 Å². The van der Waals surface area contributed by atoms with Crippen molar-refractivity contribution in [3.05, 3.63) is 58.0 Å². The number of phenols is 1. The Morgan fingerprint density at radius 2 is 1.88 bits per heavy atom. The third kappa shape index (κ3) is 2.98. The number of halogens is 1. The van der Waals surface area contributed by atoms with Gasteiger partial charge in [-0.3, -0.25) is 9.59 Å². The fourth-order valence-corrected chi connectivity index (χ4v) is 3.20. The summed E-state index contributed by atoms with van der Waals surface area (Å²) >= 11 is 6.64. The number of hydrogen-bond acceptors (Lipinski definition) is 5. The van der Waals surface area contributed by atoms with Crippen LogP contribution in [0.25, 0.3) is 6.08 Å². The molecule has 0 radical (unpaired) electrons. The minimum Gasteiger partial charge on any atom is -0.504 e. The summed E-state index contributed by atoms with van der Waals surface area (Å²) in [6.45, 7) is 0. The van der Waals surface area contributed by atoms with Gasteiger partial charge in [-0.2, -0.15) is 0 Å². The van der Waals surface area contributed by atoms with Gasteiger partial charge in [-0.1, -0.05) is 23.7 Å². The van der Waals surface area contributed by atoms with Gasteiger partial charge < -0.3 is 9.84 Å². The Hall–Kier alpha value is -2.44. The second-order valence-electron chi connectivity index (χ2n) is 4.89. The highest BCUT2D eigenvalue weighted by Gasteiger charge is 2.36. The highest BCUT2D eigenvalue weighted by molar-refractivity contribution is 8.19. The number of benzene rings is 2. The van der Waals surface area contributed by atoms with E-state index >= 15 is 0 Å². The number of para-hydroxylation sites is 1. The molecule has 1 aliphatic rings. The zero-order valence-electron chi connectivity index (χ0n) is 12.5. The van der Waals surface area contributed by atoms with Crippen LogP contribution in [0.15, 0.2) is 47.4 Å². The molecule has 1 saturated heterocycles. The van der Waals surface area contributed by atoms with Crippen LogP contribution in [0.4, 0.5) is 10.5 Å². The van der Waals surface area contributed by atoms with Crippen LogP contribution in [-0.2, 0) is 4.79 Å². The fourth-order valence-electron chi connectivity index (χ4n) is 2.24. The molecule has 1 N–H and O–H groups in total. The molecule has 1 aliphatic heterocycles. The van der Waals surface area contributed by atoms with Gasteiger partial charge in [0.15, 0.2) is 11.5 Å². The van der Waals surface area contributed by atoms with Gasteiger partial charge in [-0.25, -0.2) is 4.90 Å². The monoisotopic (exact) mass is 361 g/mol. The van der Waals surface area contributed by atoms with E-state index in [9.17, 15) is 14.7 Å². The van der Waals surface area contributed by atoms with Crippen LogP contribution in [0.5, 0.6) is 11.5 Å². The van der Waals surface area contributed by atoms with Crippen molar-refractivity contribution in [3.8, 4) is 11.5 Å². The number of hydrogen-bond donors (Lipinski definition) is 1. The Bertz CT molecular complexity index is 848. The predicted octanol–water partition coefficient (Wildman–Crippen LogP) is 4.30. The van der Waals surface area contributed by atoms with Crippen molar-refractivity contribution >= 4 is 46.3 Å². The zero-order chi connectivity index (χ0) is 17.3. The molecule has 2 aromatic rings. The highest BCUT2D eigenvalue weighted by Crippen LogP contribution is 2.38. The molecule has 0 atom stereocenters. The van der Waals surface area contributed by atoms with Gasteiger partial charge in [0.25, 0.3) is 11.1 Å². The highest BCUT2D eigenvalue weighted by atomic mass is 35.5. The summed E-state index contributed by atoms with van der Waals surface area (Å²) in [6.07, 6.45) is 1.47. The van der Waals surface area contributed by atoms with Gasteiger partial charge in [0.05, 0.1) is 17.7 Å². The molecule has 2 amide bonds. The molecule has 122 valence electrons. The summed E-state index contributed by atoms with van der Waals surface area (Å²) in [4.78, 5) is 26.0. The van der Waals surface area contributed by atoms with E-state index < -0.39 is 11.1 Å². The Labute approximate surface area is 147 Å². The lowest BCUT2D eigenvalue weighted by Crippen LogP contribution is -2.27. The third-order valence-corrected chi connectivity index (χ3v) is 4.54. The molecule has 0 aromatic heterocycles. The first kappa shape index (κ1) is 16.4. The van der Waals surface area contributed by atoms with E-state index in [2.05, 4.69) is 0 Å². The first-order valence-corrected chi connectivity index (χ1v) is 8.10. The molecule has 7 heteroatoms. The molecule has 1 heterocycles. The molecule has 0 aliphatic carbocycles. The molecule has 0 bridgehead atoms. The number of thioether (sulfide) groups is 1. The lowest BCUT2D eigenvalue weighted by molar-refractivity contribution is -0.113. The van der Waals surface area contributed by atoms with Crippen LogP contribution < -0.4 is 9.64 Å². The number of carbonyl (C=O) groups excluding carboxylic acids is 2. The number of ether oxygens (including phenoxy) is 1. The number of rotatable bonds is 3. The Morgan fingerprint density at radius 3 is 2.54 bits per heavy atom. The van der Waals surface area contributed by atoms with Crippen molar-refractivity contribution in [1.82, 2.24) is 0 Å². The normalized spacial score (nSPS) is 16.1. The van der Waals surface area contributed by atoms with E-state index in [0.717, 1.165) is 16.7 Å². The maximum Gasteiger partial charge on any atom is 0.298 e. The number of carbonyl (C=O) groups is 2. The van der Waals surface area contributed by atoms with E-state index in [1.165, 1.54) is 13.2 Å². The van der Waals surface area contributed by atoms with Crippen LogP contribution in [0.3, 0.4) is 0 Å². The predicted molar refractivity (Wildman–Crippen MR) is 94.6 cm³/mol. The molecule has 5 nitrogen and oxygen atoms in total. The molecule has 0 spiro atoms. The standard InChI is InChI=1S/C17H12ClNO4S/c1-23-13-4-2-3-10(15(13)20)9-14-16(21)19(17(22)24-14)12-7-5-11(18)6-8-12/h2-9,20H,1H3/b14-9-. The number of amides is 2. The second-order valence-corrected chi connectivity index (χ2v) is 6.32. The minimum atomic E-state index is -0.449. The number of imide groups is 1. The molecule has 0 saturated carbocycles. The summed E-state index contributed by atoms with van der Waals surface area (Å²) in [6, 6.07) is 11.3. The van der Waals surface area contributed by atoms with Gasteiger partial charge in [-0.15, -0.1) is 0 Å². The Balaban J connectivity index is 1.95. The summed E-state index contributed by atoms with van der Waals surface area (Å²) in [5, 5.41) is 10.2. The maximum atomic E-state index is 12.5. The van der Waals surface area contributed by atoms with Crippen molar-refractivity contribution in [2.75, 3.05) is 12.0 Å². The van der Waals surface area contributed by atoms with Crippen molar-refractivity contribution in [2.24, 2.45) is 0 Å². The van der Waals surface area contributed by atoms with Gasteiger partial charge in [0.1, 0.15) is 0 Å². The van der Waals surface area contributed by atoms with Gasteiger partial charge in [-0.05, 0) is 48.2 Å². The van der Waals surface area contributed by atoms with E-state index in [-0.39, 0.29) is 10.7 Å². The van der Waals surface area contributed by atoms with Crippen LogP contribution in [0, 0.1) is 0 Å². The van der Waals surface area contributed by atoms with Gasteiger partial charge in [0, 0.05) is 10.6 Å². The molecular formula is C17H12ClNO4S. The summed E-state index contributed by atoms with van der Waals surface area (Å²) in [7, 11) is 1.44. The third-order valence-electron chi connectivity index (χ3n) is 3.42. The quantitative estimate of drug-likeness (QED) is 0.826. The Morgan fingerprint density at radius 1 is 1.17 bits per heavy atom. The van der Waals surface area contributed by atoms with Gasteiger partial charge >= 0.3 is 0 Å². The summed E-state index contributed by atoms with van der Waals surface area (Å²) in [5.41, 5.74) is 0.844. The largest absolute Gasteiger partial charge is 0.504 e. The van der Waals surface area contributed by atoms with Crippen molar-refractivity contribution in [3.63, 3.8) is 0 Å². The second kappa shape index (κ2) is 6.59. The van der Waals surface area contributed by atoms with Crippen LogP contribution in [0.1, 0.15) is 5.56 Å². The number of anilines is 1. The smallest absolute Gasteiger partial charge is 0.298 e. The maximum absolute atomic E-state index is 12.5. The number of methoxy groups -OCH3 is 1.